The van der Waals surface area contributed by atoms with Gasteiger partial charge in [-0.05, 0) is 6.42 Å². The number of hydrogen-bond donors (Lipinski definition) is 1. The first kappa shape index (κ1) is 11.8. The van der Waals surface area contributed by atoms with Gasteiger partial charge in [0, 0.05) is 20.3 Å². The Morgan fingerprint density at radius 2 is 1.58 bits per heavy atom. The average Bonchev–Trinajstić information content (AvgIpc) is 2.10. The van der Waals surface area contributed by atoms with Gasteiger partial charge in [-0.2, -0.15) is 0 Å². The van der Waals surface area contributed by atoms with Gasteiger partial charge in [-0.1, -0.05) is 0 Å². The summed E-state index contributed by atoms with van der Waals surface area (Å²) in [6.45, 7) is 3.04. The highest BCUT2D eigenvalue weighted by atomic mass is 16.5. The first-order valence-corrected chi connectivity index (χ1v) is 4.17. The lowest BCUT2D eigenvalue weighted by Crippen LogP contribution is -2.08. The molecule has 0 bridgehead atoms. The van der Waals surface area contributed by atoms with Crippen LogP contribution in [0.3, 0.4) is 0 Å². The SMILES string of the molecule is COCCCOCCOCCO. The molecule has 0 amide bonds. The molecule has 0 aliphatic rings. The molecule has 0 fully saturated rings. The molecule has 0 atom stereocenters. The summed E-state index contributed by atoms with van der Waals surface area (Å²) >= 11 is 0. The molecule has 4 nitrogen and oxygen atoms in total. The molecule has 0 aromatic rings. The molecule has 0 rings (SSSR count). The number of aliphatic hydroxyl groups is 1. The van der Waals surface area contributed by atoms with Crippen LogP contribution in [0.4, 0.5) is 0 Å². The molecular formula is C8H18O4. The van der Waals surface area contributed by atoms with Crippen molar-refractivity contribution in [3.63, 3.8) is 0 Å². The summed E-state index contributed by atoms with van der Waals surface area (Å²) in [6, 6.07) is 0. The fourth-order valence-electron chi connectivity index (χ4n) is 0.692. The van der Waals surface area contributed by atoms with E-state index in [4.69, 9.17) is 19.3 Å². The predicted octanol–water partition coefficient (Wildman–Crippen LogP) is 0.0484. The Hall–Kier alpha value is -0.160. The number of rotatable bonds is 9. The van der Waals surface area contributed by atoms with E-state index >= 15 is 0 Å². The zero-order valence-electron chi connectivity index (χ0n) is 7.62. The Labute approximate surface area is 73.4 Å². The van der Waals surface area contributed by atoms with Crippen LogP contribution in [0.25, 0.3) is 0 Å². The van der Waals surface area contributed by atoms with E-state index in [1.54, 1.807) is 7.11 Å². The van der Waals surface area contributed by atoms with Crippen LogP contribution in [0, 0.1) is 0 Å². The van der Waals surface area contributed by atoms with Crippen molar-refractivity contribution < 1.29 is 19.3 Å². The van der Waals surface area contributed by atoms with Crippen LogP contribution in [0.2, 0.25) is 0 Å². The molecule has 74 valence electrons. The van der Waals surface area contributed by atoms with Gasteiger partial charge in [0.2, 0.25) is 0 Å². The highest BCUT2D eigenvalue weighted by molar-refractivity contribution is 4.34. The van der Waals surface area contributed by atoms with Crippen molar-refractivity contribution in [2.75, 3.05) is 46.8 Å². The number of aliphatic hydroxyl groups excluding tert-OH is 1. The Kier molecular flexibility index (Phi) is 10.7. The summed E-state index contributed by atoms with van der Waals surface area (Å²) in [5.74, 6) is 0. The van der Waals surface area contributed by atoms with Crippen LogP contribution in [0.1, 0.15) is 6.42 Å². The van der Waals surface area contributed by atoms with Crippen LogP contribution < -0.4 is 0 Å². The summed E-state index contributed by atoms with van der Waals surface area (Å²) < 4.78 is 15.0. The lowest BCUT2D eigenvalue weighted by molar-refractivity contribution is 0.0276. The van der Waals surface area contributed by atoms with E-state index in [-0.39, 0.29) is 6.61 Å². The molecule has 0 saturated heterocycles. The smallest absolute Gasteiger partial charge is 0.0701 e. The highest BCUT2D eigenvalue weighted by Crippen LogP contribution is 1.83. The molecule has 0 radical (unpaired) electrons. The molecule has 1 N–H and O–H groups in total. The second kappa shape index (κ2) is 10.8. The zero-order chi connectivity index (χ0) is 9.07. The number of ether oxygens (including phenoxy) is 3. The predicted molar refractivity (Wildman–Crippen MR) is 45.2 cm³/mol. The van der Waals surface area contributed by atoms with Gasteiger partial charge in [-0.15, -0.1) is 0 Å². The first-order chi connectivity index (χ1) is 5.91. The first-order valence-electron chi connectivity index (χ1n) is 4.17. The largest absolute Gasteiger partial charge is 0.394 e. The molecule has 0 aliphatic heterocycles. The molecular weight excluding hydrogens is 160 g/mol. The second-order valence-electron chi connectivity index (χ2n) is 2.29. The average molecular weight is 178 g/mol. The molecule has 0 heterocycles. The summed E-state index contributed by atoms with van der Waals surface area (Å²) in [7, 11) is 1.67. The van der Waals surface area contributed by atoms with Crippen molar-refractivity contribution >= 4 is 0 Å². The van der Waals surface area contributed by atoms with Crippen molar-refractivity contribution in [3.8, 4) is 0 Å². The molecule has 0 unspecified atom stereocenters. The van der Waals surface area contributed by atoms with E-state index in [9.17, 15) is 0 Å². The van der Waals surface area contributed by atoms with Gasteiger partial charge >= 0.3 is 0 Å². The minimum absolute atomic E-state index is 0.0731. The fourth-order valence-corrected chi connectivity index (χ4v) is 0.692. The minimum Gasteiger partial charge on any atom is -0.394 e. The fraction of sp³-hybridized carbons (Fsp3) is 1.00. The monoisotopic (exact) mass is 178 g/mol. The minimum atomic E-state index is 0.0731. The van der Waals surface area contributed by atoms with E-state index in [0.717, 1.165) is 13.0 Å². The molecule has 0 aromatic heterocycles. The maximum atomic E-state index is 8.36. The van der Waals surface area contributed by atoms with E-state index in [1.165, 1.54) is 0 Å². The highest BCUT2D eigenvalue weighted by Gasteiger charge is 1.89. The van der Waals surface area contributed by atoms with Crippen molar-refractivity contribution in [2.45, 2.75) is 6.42 Å². The quantitative estimate of drug-likeness (QED) is 0.507. The van der Waals surface area contributed by atoms with Crippen LogP contribution in [-0.2, 0) is 14.2 Å². The van der Waals surface area contributed by atoms with Gasteiger partial charge in [0.1, 0.15) is 0 Å². The van der Waals surface area contributed by atoms with Crippen molar-refractivity contribution in [2.24, 2.45) is 0 Å². The van der Waals surface area contributed by atoms with Crippen LogP contribution in [0.5, 0.6) is 0 Å². The molecule has 0 saturated carbocycles. The third-order valence-electron chi connectivity index (χ3n) is 1.24. The van der Waals surface area contributed by atoms with Crippen LogP contribution in [-0.4, -0.2) is 51.9 Å². The molecule has 0 spiro atoms. The Morgan fingerprint density at radius 1 is 0.917 bits per heavy atom. The number of methoxy groups -OCH3 is 1. The molecule has 4 heteroatoms. The van der Waals surface area contributed by atoms with Crippen molar-refractivity contribution in [1.82, 2.24) is 0 Å². The summed E-state index contributed by atoms with van der Waals surface area (Å²) in [5, 5.41) is 8.36. The molecule has 12 heavy (non-hydrogen) atoms. The zero-order valence-corrected chi connectivity index (χ0v) is 7.62. The van der Waals surface area contributed by atoms with Gasteiger partial charge in [0.15, 0.2) is 0 Å². The Balaban J connectivity index is 2.73. The maximum Gasteiger partial charge on any atom is 0.0701 e. The standard InChI is InChI=1S/C8H18O4/c1-10-4-2-5-11-7-8-12-6-3-9/h9H,2-8H2,1H3. The Morgan fingerprint density at radius 3 is 2.17 bits per heavy atom. The normalized spacial score (nSPS) is 10.5. The summed E-state index contributed by atoms with van der Waals surface area (Å²) in [6.07, 6.45) is 0.913. The van der Waals surface area contributed by atoms with Gasteiger partial charge in [-0.3, -0.25) is 0 Å². The van der Waals surface area contributed by atoms with E-state index in [1.807, 2.05) is 0 Å². The second-order valence-corrected chi connectivity index (χ2v) is 2.29. The van der Waals surface area contributed by atoms with Crippen LogP contribution >= 0.6 is 0 Å². The summed E-state index contributed by atoms with van der Waals surface area (Å²) in [4.78, 5) is 0. The number of hydrogen-bond acceptors (Lipinski definition) is 4. The van der Waals surface area contributed by atoms with Crippen LogP contribution in [0.15, 0.2) is 0 Å². The topological polar surface area (TPSA) is 47.9 Å². The van der Waals surface area contributed by atoms with Crippen molar-refractivity contribution in [3.05, 3.63) is 0 Å². The van der Waals surface area contributed by atoms with Gasteiger partial charge < -0.3 is 19.3 Å². The Bertz CT molecular complexity index is 67.5. The maximum absolute atomic E-state index is 8.36. The third kappa shape index (κ3) is 9.84. The van der Waals surface area contributed by atoms with E-state index in [0.29, 0.717) is 26.4 Å². The van der Waals surface area contributed by atoms with Crippen molar-refractivity contribution in [1.29, 1.82) is 0 Å². The third-order valence-corrected chi connectivity index (χ3v) is 1.24. The summed E-state index contributed by atoms with van der Waals surface area (Å²) in [5.41, 5.74) is 0. The molecule has 0 aromatic carbocycles. The van der Waals surface area contributed by atoms with E-state index in [2.05, 4.69) is 0 Å². The van der Waals surface area contributed by atoms with Gasteiger partial charge in [0.05, 0.1) is 26.4 Å². The molecule has 0 aliphatic carbocycles. The lowest BCUT2D eigenvalue weighted by atomic mass is 10.5. The lowest BCUT2D eigenvalue weighted by Gasteiger charge is -2.03. The van der Waals surface area contributed by atoms with E-state index < -0.39 is 0 Å². The van der Waals surface area contributed by atoms with Gasteiger partial charge in [0.25, 0.3) is 0 Å². The van der Waals surface area contributed by atoms with Gasteiger partial charge in [-0.25, -0.2) is 0 Å².